The number of para-hydroxylation sites is 3. The van der Waals surface area contributed by atoms with Gasteiger partial charge in [-0.2, -0.15) is 0 Å². The molecule has 66 heavy (non-hydrogen) atoms. The van der Waals surface area contributed by atoms with Gasteiger partial charge in [0.15, 0.2) is 0 Å². The van der Waals surface area contributed by atoms with Gasteiger partial charge in [-0.3, -0.25) is 8.97 Å². The van der Waals surface area contributed by atoms with Crippen molar-refractivity contribution in [3.05, 3.63) is 265 Å². The summed E-state index contributed by atoms with van der Waals surface area (Å²) >= 11 is 0. The molecule has 12 aromatic rings. The molecule has 10 aromatic carbocycles. The molecule has 0 bridgehead atoms. The monoisotopic (exact) mass is 840 g/mol. The molecule has 0 unspecified atom stereocenters. The minimum atomic E-state index is -0.439. The lowest BCUT2D eigenvalue weighted by Crippen LogP contribution is -2.26. The molecule has 0 saturated heterocycles. The summed E-state index contributed by atoms with van der Waals surface area (Å²) in [5.41, 5.74) is 23.4. The van der Waals surface area contributed by atoms with Crippen molar-refractivity contribution in [1.82, 2.24) is 14.0 Å². The molecule has 4 heteroatoms. The van der Waals surface area contributed by atoms with Crippen molar-refractivity contribution in [3.8, 4) is 50.2 Å². The molecular weight excluding hydrogens is 801 g/mol. The Hall–Kier alpha value is -8.73. The fourth-order valence-corrected chi connectivity index (χ4v) is 11.4. The molecule has 4 nitrogen and oxygen atoms in total. The number of imidazole rings is 2. The Bertz CT molecular complexity index is 3820. The van der Waals surface area contributed by atoms with Gasteiger partial charge in [-0.1, -0.05) is 176 Å². The average molecular weight is 841 g/mol. The molecule has 0 radical (unpaired) electrons. The zero-order chi connectivity index (χ0) is 43.3. The third-order valence-corrected chi connectivity index (χ3v) is 14.1. The number of benzene rings is 10. The Morgan fingerprint density at radius 2 is 0.879 bits per heavy atom. The van der Waals surface area contributed by atoms with Crippen LogP contribution in [0, 0.1) is 0 Å². The number of nitrogens with zero attached hydrogens (tertiary/aromatic N) is 4. The standard InChI is InChI=1S/C62H40N4/c1-3-16-41(17-4-1)42-30-35-46(36-31-42)64(58-29-15-26-54-60(58)50-22-9-12-25-53(50)62(54)51-23-10-7-20-48(51)49-21-8-11-24-52(49)62)47-37-32-43(33-38-47)44-34-39-57-59(40-44)66-56-28-14-13-27-55(56)63-61(66)65(57)45-18-5-2-6-19-45/h1-40H. The van der Waals surface area contributed by atoms with Crippen LogP contribution in [-0.4, -0.2) is 14.0 Å². The van der Waals surface area contributed by atoms with Gasteiger partial charge in [0.1, 0.15) is 0 Å². The van der Waals surface area contributed by atoms with Crippen LogP contribution in [0.15, 0.2) is 243 Å². The molecule has 0 fully saturated rings. The molecule has 0 aliphatic heterocycles. The molecular formula is C62H40N4. The smallest absolute Gasteiger partial charge is 0.220 e. The Balaban J connectivity index is 0.953. The molecule has 0 amide bonds. The SMILES string of the molecule is c1ccc(-c2ccc(N(c3ccc(-c4ccc5c(c4)n4c6ccccc6nc4n5-c4ccccc4)cc3)c3cccc4c3-c3ccccc3C43c4ccccc4-c4ccccc43)cc2)cc1. The fourth-order valence-electron chi connectivity index (χ4n) is 11.4. The number of hydrogen-bond donors (Lipinski definition) is 0. The molecule has 0 atom stereocenters. The first kappa shape index (κ1) is 36.7. The maximum Gasteiger partial charge on any atom is 0.220 e. The number of aromatic nitrogens is 3. The van der Waals surface area contributed by atoms with Crippen LogP contribution < -0.4 is 4.90 Å². The summed E-state index contributed by atoms with van der Waals surface area (Å²) in [5, 5.41) is 0. The predicted octanol–water partition coefficient (Wildman–Crippen LogP) is 15.6. The van der Waals surface area contributed by atoms with Gasteiger partial charge in [0.2, 0.25) is 5.78 Å². The highest BCUT2D eigenvalue weighted by Crippen LogP contribution is 2.64. The van der Waals surface area contributed by atoms with E-state index in [1.54, 1.807) is 0 Å². The maximum absolute atomic E-state index is 5.15. The minimum absolute atomic E-state index is 0.439. The van der Waals surface area contributed by atoms with Crippen LogP contribution in [0.1, 0.15) is 22.3 Å². The largest absolute Gasteiger partial charge is 0.310 e. The van der Waals surface area contributed by atoms with Gasteiger partial charge >= 0.3 is 0 Å². The van der Waals surface area contributed by atoms with E-state index in [0.717, 1.165) is 61.7 Å². The van der Waals surface area contributed by atoms with Gasteiger partial charge in [0, 0.05) is 22.6 Å². The number of fused-ring (bicyclic) bond motifs is 15. The number of hydrogen-bond acceptors (Lipinski definition) is 2. The van der Waals surface area contributed by atoms with Gasteiger partial charge in [0.05, 0.1) is 33.2 Å². The van der Waals surface area contributed by atoms with Crippen LogP contribution >= 0.6 is 0 Å². The van der Waals surface area contributed by atoms with Gasteiger partial charge in [0.25, 0.3) is 0 Å². The molecule has 308 valence electrons. The molecule has 0 N–H and O–H groups in total. The van der Waals surface area contributed by atoms with Crippen LogP contribution in [0.4, 0.5) is 17.1 Å². The van der Waals surface area contributed by atoms with E-state index in [0.29, 0.717) is 0 Å². The van der Waals surface area contributed by atoms with E-state index >= 15 is 0 Å². The second kappa shape index (κ2) is 14.1. The summed E-state index contributed by atoms with van der Waals surface area (Å²) < 4.78 is 4.57. The van der Waals surface area contributed by atoms with E-state index < -0.39 is 5.41 Å². The minimum Gasteiger partial charge on any atom is -0.310 e. The van der Waals surface area contributed by atoms with Crippen LogP contribution in [0.2, 0.25) is 0 Å². The normalized spacial score (nSPS) is 13.0. The van der Waals surface area contributed by atoms with Crippen molar-refractivity contribution in [2.45, 2.75) is 5.41 Å². The van der Waals surface area contributed by atoms with Crippen LogP contribution in [0.3, 0.4) is 0 Å². The van der Waals surface area contributed by atoms with Crippen LogP contribution in [-0.2, 0) is 5.41 Å². The third kappa shape index (κ3) is 5.12. The zero-order valence-corrected chi connectivity index (χ0v) is 35.9. The van der Waals surface area contributed by atoms with Gasteiger partial charge in [-0.05, 0) is 128 Å². The molecule has 2 aliphatic rings. The van der Waals surface area contributed by atoms with Crippen molar-refractivity contribution in [3.63, 3.8) is 0 Å². The van der Waals surface area contributed by atoms with Gasteiger partial charge < -0.3 is 4.90 Å². The number of anilines is 3. The van der Waals surface area contributed by atoms with Crippen LogP contribution in [0.25, 0.3) is 78.0 Å². The predicted molar refractivity (Wildman–Crippen MR) is 271 cm³/mol. The van der Waals surface area contributed by atoms with E-state index in [2.05, 4.69) is 257 Å². The topological polar surface area (TPSA) is 25.5 Å². The van der Waals surface area contributed by atoms with E-state index in [4.69, 9.17) is 4.98 Å². The lowest BCUT2D eigenvalue weighted by molar-refractivity contribution is 0.794. The lowest BCUT2D eigenvalue weighted by Gasteiger charge is -2.32. The highest BCUT2D eigenvalue weighted by atomic mass is 15.2. The van der Waals surface area contributed by atoms with Crippen molar-refractivity contribution in [1.29, 1.82) is 0 Å². The van der Waals surface area contributed by atoms with Gasteiger partial charge in [-0.15, -0.1) is 0 Å². The van der Waals surface area contributed by atoms with Crippen molar-refractivity contribution in [2.24, 2.45) is 0 Å². The van der Waals surface area contributed by atoms with E-state index in [9.17, 15) is 0 Å². The Kier molecular flexibility index (Phi) is 7.87. The first-order chi connectivity index (χ1) is 32.8. The van der Waals surface area contributed by atoms with E-state index in [1.165, 1.54) is 55.6 Å². The second-order valence-corrected chi connectivity index (χ2v) is 17.5. The molecule has 0 saturated carbocycles. The quantitative estimate of drug-likeness (QED) is 0.167. The Morgan fingerprint density at radius 3 is 1.56 bits per heavy atom. The highest BCUT2D eigenvalue weighted by molar-refractivity contribution is 6.01. The average Bonchev–Trinajstić information content (AvgIpc) is 4.11. The van der Waals surface area contributed by atoms with Crippen molar-refractivity contribution in [2.75, 3.05) is 4.90 Å². The first-order valence-corrected chi connectivity index (χ1v) is 22.7. The summed E-state index contributed by atoms with van der Waals surface area (Å²) in [7, 11) is 0. The third-order valence-electron chi connectivity index (χ3n) is 14.1. The Morgan fingerprint density at radius 1 is 0.364 bits per heavy atom. The van der Waals surface area contributed by atoms with Crippen molar-refractivity contribution < 1.29 is 0 Å². The second-order valence-electron chi connectivity index (χ2n) is 17.5. The highest BCUT2D eigenvalue weighted by Gasteiger charge is 2.52. The number of rotatable bonds is 6. The fraction of sp³-hybridized carbons (Fsp3) is 0.0161. The molecule has 2 aromatic heterocycles. The molecule has 1 spiro atoms. The maximum atomic E-state index is 5.15. The summed E-state index contributed by atoms with van der Waals surface area (Å²) in [6, 6.07) is 88.7. The summed E-state index contributed by atoms with van der Waals surface area (Å²) in [6.07, 6.45) is 0. The summed E-state index contributed by atoms with van der Waals surface area (Å²) in [4.78, 5) is 7.61. The van der Waals surface area contributed by atoms with Gasteiger partial charge in [-0.25, -0.2) is 4.98 Å². The summed E-state index contributed by atoms with van der Waals surface area (Å²) in [6.45, 7) is 0. The lowest BCUT2D eigenvalue weighted by atomic mass is 9.70. The molecule has 2 aliphatic carbocycles. The summed E-state index contributed by atoms with van der Waals surface area (Å²) in [5.74, 6) is 0.905. The first-order valence-electron chi connectivity index (χ1n) is 22.7. The van der Waals surface area contributed by atoms with E-state index in [-0.39, 0.29) is 0 Å². The molecule has 2 heterocycles. The van der Waals surface area contributed by atoms with E-state index in [1.807, 2.05) is 0 Å². The zero-order valence-electron chi connectivity index (χ0n) is 35.9. The van der Waals surface area contributed by atoms with Crippen molar-refractivity contribution >= 4 is 44.9 Å². The van der Waals surface area contributed by atoms with Crippen LogP contribution in [0.5, 0.6) is 0 Å². The Labute approximate surface area is 382 Å². The molecule has 14 rings (SSSR count).